The Hall–Kier alpha value is -1.71. The van der Waals surface area contributed by atoms with Crippen LogP contribution in [0.1, 0.15) is 42.1 Å². The van der Waals surface area contributed by atoms with E-state index in [4.69, 9.17) is 0 Å². The normalized spacial score (nSPS) is 19.0. The van der Waals surface area contributed by atoms with Gasteiger partial charge in [0.15, 0.2) is 0 Å². The Kier molecular flexibility index (Phi) is 3.98. The molecular formula is C15H18FNO2. The summed E-state index contributed by atoms with van der Waals surface area (Å²) in [6, 6.07) is 4.68. The third-order valence-electron chi connectivity index (χ3n) is 3.57. The van der Waals surface area contributed by atoms with Gasteiger partial charge < -0.3 is 0 Å². The first-order valence-electron chi connectivity index (χ1n) is 6.64. The fraction of sp³-hybridized carbons (Fsp3) is 0.467. The fourth-order valence-electron chi connectivity index (χ4n) is 2.54. The molecule has 0 N–H and O–H groups in total. The molecule has 1 atom stereocenters. The van der Waals surface area contributed by atoms with E-state index >= 15 is 0 Å². The van der Waals surface area contributed by atoms with Crippen molar-refractivity contribution in [3.8, 4) is 0 Å². The summed E-state index contributed by atoms with van der Waals surface area (Å²) >= 11 is 0. The number of benzene rings is 1. The summed E-state index contributed by atoms with van der Waals surface area (Å²) in [5, 5.41) is 0. The average Bonchev–Trinajstić information content (AvgIpc) is 2.73. The summed E-state index contributed by atoms with van der Waals surface area (Å²) in [7, 11) is 0. The van der Waals surface area contributed by atoms with Crippen LogP contribution in [0.15, 0.2) is 18.2 Å². The highest BCUT2D eigenvalue weighted by Gasteiger charge is 2.34. The molecule has 0 aliphatic carbocycles. The summed E-state index contributed by atoms with van der Waals surface area (Å²) in [6.45, 7) is 4.08. The SMILES string of the molecule is CCCC1CC(=O)N(C(=O)c2cccc(C)c2F)C1. The molecule has 1 aliphatic heterocycles. The van der Waals surface area contributed by atoms with Gasteiger partial charge in [-0.05, 0) is 30.9 Å². The van der Waals surface area contributed by atoms with E-state index in [1.165, 1.54) is 11.0 Å². The molecule has 19 heavy (non-hydrogen) atoms. The third-order valence-corrected chi connectivity index (χ3v) is 3.57. The van der Waals surface area contributed by atoms with Crippen molar-refractivity contribution in [1.82, 2.24) is 4.90 Å². The maximum absolute atomic E-state index is 13.9. The number of halogens is 1. The zero-order chi connectivity index (χ0) is 14.0. The number of carbonyl (C=O) groups is 2. The lowest BCUT2D eigenvalue weighted by atomic mass is 10.0. The number of aryl methyl sites for hydroxylation is 1. The van der Waals surface area contributed by atoms with E-state index in [0.29, 0.717) is 18.5 Å². The van der Waals surface area contributed by atoms with Crippen molar-refractivity contribution in [2.45, 2.75) is 33.1 Å². The van der Waals surface area contributed by atoms with E-state index in [1.54, 1.807) is 19.1 Å². The number of nitrogens with zero attached hydrogens (tertiary/aromatic N) is 1. The second kappa shape index (κ2) is 5.51. The molecule has 1 aromatic carbocycles. The Morgan fingerprint density at radius 3 is 2.89 bits per heavy atom. The van der Waals surface area contributed by atoms with E-state index in [0.717, 1.165) is 12.8 Å². The van der Waals surface area contributed by atoms with Gasteiger partial charge in [-0.25, -0.2) is 4.39 Å². The van der Waals surface area contributed by atoms with Crippen LogP contribution in [-0.4, -0.2) is 23.3 Å². The Balaban J connectivity index is 2.20. The van der Waals surface area contributed by atoms with Crippen molar-refractivity contribution < 1.29 is 14.0 Å². The minimum Gasteiger partial charge on any atom is -0.278 e. The minimum atomic E-state index is -0.528. The lowest BCUT2D eigenvalue weighted by Gasteiger charge is -2.15. The molecule has 1 unspecified atom stereocenters. The Morgan fingerprint density at radius 2 is 2.21 bits per heavy atom. The van der Waals surface area contributed by atoms with Crippen LogP contribution in [0, 0.1) is 18.7 Å². The molecule has 0 bridgehead atoms. The lowest BCUT2D eigenvalue weighted by Crippen LogP contribution is -2.33. The van der Waals surface area contributed by atoms with E-state index < -0.39 is 11.7 Å². The summed E-state index contributed by atoms with van der Waals surface area (Å²) in [5.41, 5.74) is 0.410. The molecule has 1 aromatic rings. The lowest BCUT2D eigenvalue weighted by molar-refractivity contribution is -0.125. The van der Waals surface area contributed by atoms with Gasteiger partial charge in [0.1, 0.15) is 5.82 Å². The predicted octanol–water partition coefficient (Wildman–Crippen LogP) is 2.92. The quantitative estimate of drug-likeness (QED) is 0.786. The van der Waals surface area contributed by atoms with Gasteiger partial charge >= 0.3 is 0 Å². The minimum absolute atomic E-state index is 0.00880. The van der Waals surface area contributed by atoms with Crippen LogP contribution in [0.5, 0.6) is 0 Å². The van der Waals surface area contributed by atoms with Crippen molar-refractivity contribution in [3.05, 3.63) is 35.1 Å². The first-order valence-corrected chi connectivity index (χ1v) is 6.64. The highest BCUT2D eigenvalue weighted by Crippen LogP contribution is 2.25. The molecule has 0 spiro atoms. The molecule has 102 valence electrons. The molecular weight excluding hydrogens is 245 g/mol. The maximum Gasteiger partial charge on any atom is 0.263 e. The van der Waals surface area contributed by atoms with Crippen LogP contribution < -0.4 is 0 Å². The van der Waals surface area contributed by atoms with Gasteiger partial charge in [-0.15, -0.1) is 0 Å². The van der Waals surface area contributed by atoms with Crippen LogP contribution in [0.25, 0.3) is 0 Å². The Morgan fingerprint density at radius 1 is 1.47 bits per heavy atom. The average molecular weight is 263 g/mol. The van der Waals surface area contributed by atoms with Gasteiger partial charge in [0.2, 0.25) is 5.91 Å². The van der Waals surface area contributed by atoms with E-state index in [-0.39, 0.29) is 17.4 Å². The van der Waals surface area contributed by atoms with Crippen LogP contribution in [-0.2, 0) is 4.79 Å². The van der Waals surface area contributed by atoms with Gasteiger partial charge in [-0.2, -0.15) is 0 Å². The van der Waals surface area contributed by atoms with Crippen LogP contribution in [0.2, 0.25) is 0 Å². The number of rotatable bonds is 3. The van der Waals surface area contributed by atoms with E-state index in [9.17, 15) is 14.0 Å². The number of hydrogen-bond acceptors (Lipinski definition) is 2. The standard InChI is InChI=1S/C15H18FNO2/c1-3-5-11-8-13(18)17(9-11)15(19)12-7-4-6-10(2)14(12)16/h4,6-7,11H,3,5,8-9H2,1-2H3. The molecule has 1 heterocycles. The number of carbonyl (C=O) groups excluding carboxylic acids is 2. The second-order valence-corrected chi connectivity index (χ2v) is 5.10. The highest BCUT2D eigenvalue weighted by molar-refractivity contribution is 6.05. The van der Waals surface area contributed by atoms with Gasteiger partial charge in [-0.1, -0.05) is 25.5 Å². The topological polar surface area (TPSA) is 37.4 Å². The van der Waals surface area contributed by atoms with Gasteiger partial charge in [0.25, 0.3) is 5.91 Å². The Labute approximate surface area is 112 Å². The molecule has 1 fully saturated rings. The monoisotopic (exact) mass is 263 g/mol. The second-order valence-electron chi connectivity index (χ2n) is 5.10. The molecule has 1 saturated heterocycles. The number of imide groups is 1. The summed E-state index contributed by atoms with van der Waals surface area (Å²) < 4.78 is 13.9. The van der Waals surface area contributed by atoms with Crippen molar-refractivity contribution >= 4 is 11.8 Å². The van der Waals surface area contributed by atoms with Crippen LogP contribution in [0.3, 0.4) is 0 Å². The molecule has 0 saturated carbocycles. The van der Waals surface area contributed by atoms with Gasteiger partial charge in [0.05, 0.1) is 5.56 Å². The molecule has 1 aliphatic rings. The van der Waals surface area contributed by atoms with Crippen molar-refractivity contribution in [1.29, 1.82) is 0 Å². The zero-order valence-electron chi connectivity index (χ0n) is 11.3. The summed E-state index contributed by atoms with van der Waals surface area (Å²) in [5.74, 6) is -1.01. The fourth-order valence-corrected chi connectivity index (χ4v) is 2.54. The Bertz CT molecular complexity index is 513. The first-order chi connectivity index (χ1) is 9.04. The van der Waals surface area contributed by atoms with Crippen molar-refractivity contribution in [3.63, 3.8) is 0 Å². The maximum atomic E-state index is 13.9. The highest BCUT2D eigenvalue weighted by atomic mass is 19.1. The number of hydrogen-bond donors (Lipinski definition) is 0. The van der Waals surface area contributed by atoms with Crippen LogP contribution >= 0.6 is 0 Å². The smallest absolute Gasteiger partial charge is 0.263 e. The molecule has 3 nitrogen and oxygen atoms in total. The number of amides is 2. The first kappa shape index (κ1) is 13.7. The van der Waals surface area contributed by atoms with Crippen molar-refractivity contribution in [2.75, 3.05) is 6.54 Å². The zero-order valence-corrected chi connectivity index (χ0v) is 11.3. The third kappa shape index (κ3) is 2.67. The molecule has 4 heteroatoms. The molecule has 0 aromatic heterocycles. The molecule has 2 amide bonds. The largest absolute Gasteiger partial charge is 0.278 e. The van der Waals surface area contributed by atoms with Crippen LogP contribution in [0.4, 0.5) is 4.39 Å². The predicted molar refractivity (Wildman–Crippen MR) is 70.2 cm³/mol. The van der Waals surface area contributed by atoms with Gasteiger partial charge in [-0.3, -0.25) is 14.5 Å². The summed E-state index contributed by atoms with van der Waals surface area (Å²) in [6.07, 6.45) is 2.30. The van der Waals surface area contributed by atoms with Gasteiger partial charge in [0, 0.05) is 13.0 Å². The van der Waals surface area contributed by atoms with E-state index in [2.05, 4.69) is 6.92 Å². The number of likely N-dealkylation sites (tertiary alicyclic amines) is 1. The molecule has 0 radical (unpaired) electrons. The van der Waals surface area contributed by atoms with E-state index in [1.807, 2.05) is 0 Å². The summed E-state index contributed by atoms with van der Waals surface area (Å²) in [4.78, 5) is 25.3. The van der Waals surface area contributed by atoms with Crippen molar-refractivity contribution in [2.24, 2.45) is 5.92 Å². The molecule has 2 rings (SSSR count).